The summed E-state index contributed by atoms with van der Waals surface area (Å²) in [6.07, 6.45) is 1.49. The van der Waals surface area contributed by atoms with Crippen molar-refractivity contribution in [3.8, 4) is 17.2 Å². The molecule has 5 nitrogen and oxygen atoms in total. The summed E-state index contributed by atoms with van der Waals surface area (Å²) >= 11 is 3.62. The zero-order valence-electron chi connectivity index (χ0n) is 18.3. The molecule has 3 aromatic rings. The van der Waals surface area contributed by atoms with E-state index >= 15 is 0 Å². The average Bonchev–Trinajstić information content (AvgIpc) is 3.29. The minimum absolute atomic E-state index is 0.0928. The summed E-state index contributed by atoms with van der Waals surface area (Å²) in [5, 5.41) is 7.14. The number of aryl methyl sites for hydroxylation is 1. The molecule has 164 valence electrons. The van der Waals surface area contributed by atoms with Gasteiger partial charge in [-0.05, 0) is 53.9 Å². The molecule has 2 aliphatic rings. The maximum Gasteiger partial charge on any atom is 0.214 e. The fraction of sp³-hybridized carbons (Fsp3) is 0.269. The number of ether oxygens (including phenoxy) is 3. The van der Waals surface area contributed by atoms with Crippen LogP contribution in [-0.2, 0) is 6.42 Å². The van der Waals surface area contributed by atoms with Gasteiger partial charge in [0.25, 0.3) is 0 Å². The van der Waals surface area contributed by atoms with Crippen LogP contribution in [0.3, 0.4) is 0 Å². The molecule has 6 heteroatoms. The van der Waals surface area contributed by atoms with E-state index in [0.29, 0.717) is 11.5 Å². The normalized spacial score (nSPS) is 19.0. The molecule has 0 fully saturated rings. The second kappa shape index (κ2) is 8.51. The average molecular weight is 493 g/mol. The number of hydrogen-bond acceptors (Lipinski definition) is 5. The predicted molar refractivity (Wildman–Crippen MR) is 129 cm³/mol. The van der Waals surface area contributed by atoms with Gasteiger partial charge in [-0.3, -0.25) is 0 Å². The Hall–Kier alpha value is -2.99. The molecule has 3 aromatic carbocycles. The van der Waals surface area contributed by atoms with E-state index in [9.17, 15) is 0 Å². The molecule has 0 saturated heterocycles. The van der Waals surface area contributed by atoms with Gasteiger partial charge in [-0.15, -0.1) is 0 Å². The van der Waals surface area contributed by atoms with Crippen molar-refractivity contribution in [2.24, 2.45) is 5.10 Å². The Labute approximate surface area is 196 Å². The van der Waals surface area contributed by atoms with Gasteiger partial charge in [0.1, 0.15) is 5.75 Å². The fourth-order valence-electron chi connectivity index (χ4n) is 4.39. The molecule has 0 spiro atoms. The van der Waals surface area contributed by atoms with E-state index in [-0.39, 0.29) is 12.3 Å². The molecule has 0 radical (unpaired) electrons. The maximum atomic E-state index is 6.48. The molecule has 5 rings (SSSR count). The Kier molecular flexibility index (Phi) is 5.55. The molecule has 2 aliphatic heterocycles. The van der Waals surface area contributed by atoms with Crippen molar-refractivity contribution in [3.63, 3.8) is 0 Å². The van der Waals surface area contributed by atoms with Crippen molar-refractivity contribution in [2.45, 2.75) is 32.0 Å². The van der Waals surface area contributed by atoms with Crippen LogP contribution < -0.4 is 14.2 Å². The molecule has 0 saturated carbocycles. The van der Waals surface area contributed by atoms with Crippen LogP contribution in [0.4, 0.5) is 0 Å². The summed E-state index contributed by atoms with van der Waals surface area (Å²) in [6.45, 7) is 2.17. The lowest BCUT2D eigenvalue weighted by Crippen LogP contribution is -2.33. The van der Waals surface area contributed by atoms with Crippen LogP contribution in [-0.4, -0.2) is 24.9 Å². The van der Waals surface area contributed by atoms with Crippen molar-refractivity contribution in [1.29, 1.82) is 0 Å². The Bertz CT molecular complexity index is 1180. The first-order valence-electron chi connectivity index (χ1n) is 10.7. The van der Waals surface area contributed by atoms with Gasteiger partial charge < -0.3 is 14.2 Å². The van der Waals surface area contributed by atoms with Crippen LogP contribution in [0, 0.1) is 0 Å². The predicted octanol–water partition coefficient (Wildman–Crippen LogP) is 6.27. The lowest BCUT2D eigenvalue weighted by atomic mass is 9.95. The molecule has 2 atom stereocenters. The third-order valence-electron chi connectivity index (χ3n) is 6.14. The van der Waals surface area contributed by atoms with Gasteiger partial charge in [0.05, 0.1) is 26.0 Å². The Balaban J connectivity index is 1.58. The molecular formula is C26H25BrN2O3. The minimum Gasteiger partial charge on any atom is -0.493 e. The van der Waals surface area contributed by atoms with E-state index in [2.05, 4.69) is 58.2 Å². The molecule has 32 heavy (non-hydrogen) atoms. The largest absolute Gasteiger partial charge is 0.493 e. The Morgan fingerprint density at radius 3 is 2.50 bits per heavy atom. The van der Waals surface area contributed by atoms with Gasteiger partial charge in [-0.25, -0.2) is 5.01 Å². The highest BCUT2D eigenvalue weighted by Crippen LogP contribution is 2.49. The van der Waals surface area contributed by atoms with Crippen molar-refractivity contribution in [1.82, 2.24) is 5.01 Å². The van der Waals surface area contributed by atoms with Crippen molar-refractivity contribution < 1.29 is 14.2 Å². The van der Waals surface area contributed by atoms with Crippen LogP contribution in [0.25, 0.3) is 0 Å². The number of rotatable bonds is 5. The first-order chi connectivity index (χ1) is 15.6. The highest BCUT2D eigenvalue weighted by molar-refractivity contribution is 9.10. The lowest BCUT2D eigenvalue weighted by Gasteiger charge is -2.38. The summed E-state index contributed by atoms with van der Waals surface area (Å²) in [6, 6.07) is 20.9. The number of halogens is 1. The van der Waals surface area contributed by atoms with Crippen LogP contribution in [0.2, 0.25) is 0 Å². The Morgan fingerprint density at radius 1 is 1.00 bits per heavy atom. The van der Waals surface area contributed by atoms with Crippen LogP contribution >= 0.6 is 15.9 Å². The van der Waals surface area contributed by atoms with E-state index in [1.807, 2.05) is 30.3 Å². The van der Waals surface area contributed by atoms with Gasteiger partial charge in [0.2, 0.25) is 6.23 Å². The second-order valence-corrected chi connectivity index (χ2v) is 8.88. The van der Waals surface area contributed by atoms with E-state index in [1.165, 1.54) is 5.56 Å². The van der Waals surface area contributed by atoms with Gasteiger partial charge in [0.15, 0.2) is 11.5 Å². The number of nitrogens with zero attached hydrogens (tertiary/aromatic N) is 2. The molecule has 0 bridgehead atoms. The summed E-state index contributed by atoms with van der Waals surface area (Å²) in [7, 11) is 3.28. The zero-order valence-corrected chi connectivity index (χ0v) is 19.9. The maximum absolute atomic E-state index is 6.48. The van der Waals surface area contributed by atoms with Crippen molar-refractivity contribution in [2.75, 3.05) is 14.2 Å². The first-order valence-corrected chi connectivity index (χ1v) is 11.5. The first kappa shape index (κ1) is 20.9. The lowest BCUT2D eigenvalue weighted by molar-refractivity contribution is -0.0192. The fourth-order valence-corrected chi connectivity index (χ4v) is 4.77. The van der Waals surface area contributed by atoms with E-state index in [4.69, 9.17) is 19.3 Å². The van der Waals surface area contributed by atoms with Crippen LogP contribution in [0.5, 0.6) is 17.2 Å². The highest BCUT2D eigenvalue weighted by atomic mass is 79.9. The standard InChI is InChI=1S/C26H25BrN2O3/c1-4-16-5-7-17(8-6-16)21-15-22-20-14-19(27)10-12-23(20)32-26(29(22)28-21)18-9-11-24(30-2)25(13-18)31-3/h5-14,22,26H,4,15H2,1-3H3. The summed E-state index contributed by atoms with van der Waals surface area (Å²) in [5.41, 5.74) is 5.65. The minimum atomic E-state index is -0.360. The molecule has 0 aromatic heterocycles. The second-order valence-electron chi connectivity index (χ2n) is 7.96. The number of methoxy groups -OCH3 is 2. The molecule has 0 aliphatic carbocycles. The van der Waals surface area contributed by atoms with E-state index in [1.54, 1.807) is 14.2 Å². The van der Waals surface area contributed by atoms with Crippen LogP contribution in [0.15, 0.2) is 70.2 Å². The monoisotopic (exact) mass is 492 g/mol. The van der Waals surface area contributed by atoms with Gasteiger partial charge in [0, 0.05) is 22.0 Å². The molecule has 2 unspecified atom stereocenters. The summed E-state index contributed by atoms with van der Waals surface area (Å²) < 4.78 is 18.5. The smallest absolute Gasteiger partial charge is 0.214 e. The Morgan fingerprint density at radius 2 is 1.78 bits per heavy atom. The summed E-state index contributed by atoms with van der Waals surface area (Å²) in [5.74, 6) is 2.24. The topological polar surface area (TPSA) is 43.3 Å². The third-order valence-corrected chi connectivity index (χ3v) is 6.63. The van der Waals surface area contributed by atoms with Crippen LogP contribution in [0.1, 0.15) is 47.9 Å². The van der Waals surface area contributed by atoms with Gasteiger partial charge in [-0.1, -0.05) is 47.1 Å². The molecular weight excluding hydrogens is 468 g/mol. The van der Waals surface area contributed by atoms with E-state index < -0.39 is 0 Å². The molecule has 0 amide bonds. The number of hydrogen-bond donors (Lipinski definition) is 0. The van der Waals surface area contributed by atoms with E-state index in [0.717, 1.165) is 45.5 Å². The zero-order chi connectivity index (χ0) is 22.2. The highest BCUT2D eigenvalue weighted by Gasteiger charge is 2.41. The SMILES string of the molecule is CCc1ccc(C2=NN3C(C2)c2cc(Br)ccc2OC3c2ccc(OC)c(OC)c2)cc1. The van der Waals surface area contributed by atoms with Gasteiger partial charge >= 0.3 is 0 Å². The van der Waals surface area contributed by atoms with Gasteiger partial charge in [-0.2, -0.15) is 5.10 Å². The quantitative estimate of drug-likeness (QED) is 0.420. The molecule has 0 N–H and O–H groups in total. The number of benzene rings is 3. The number of fused-ring (bicyclic) bond motifs is 3. The van der Waals surface area contributed by atoms with Crippen molar-refractivity contribution >= 4 is 21.6 Å². The number of hydrazone groups is 1. The third kappa shape index (κ3) is 3.62. The van der Waals surface area contributed by atoms with Crippen molar-refractivity contribution in [3.05, 3.63) is 87.4 Å². The molecule has 2 heterocycles. The summed E-state index contributed by atoms with van der Waals surface area (Å²) in [4.78, 5) is 0.